The first-order valence-electron chi connectivity index (χ1n) is 7.68. The van der Waals surface area contributed by atoms with Crippen molar-refractivity contribution in [2.45, 2.75) is 24.8 Å². The van der Waals surface area contributed by atoms with Gasteiger partial charge in [-0.15, -0.1) is 12.4 Å². The molecular formula is C16H23ClN4O2S. The molecule has 3 rings (SSSR count). The molecule has 1 atom stereocenters. The molecule has 6 nitrogen and oxygen atoms in total. The van der Waals surface area contributed by atoms with E-state index in [1.54, 1.807) is 22.6 Å². The standard InChI is InChI=1S/C16H22N4O2S.ClH/c1-12-4-5-14(10-13(12)2)23(21,22)20-9-6-17-11-15(20)16-18-7-8-19(16)3;/h4-5,7-8,10,15,17H,6,9,11H2,1-3H3;1H. The van der Waals surface area contributed by atoms with Gasteiger partial charge in [0.1, 0.15) is 5.82 Å². The van der Waals surface area contributed by atoms with Crippen LogP contribution in [-0.4, -0.2) is 41.9 Å². The van der Waals surface area contributed by atoms with Crippen molar-refractivity contribution in [3.63, 3.8) is 0 Å². The number of halogens is 1. The Bertz CT molecular complexity index is 819. The van der Waals surface area contributed by atoms with Gasteiger partial charge < -0.3 is 9.88 Å². The van der Waals surface area contributed by atoms with Crippen LogP contribution in [0.15, 0.2) is 35.5 Å². The summed E-state index contributed by atoms with van der Waals surface area (Å²) in [6.45, 7) is 5.56. The normalized spacial score (nSPS) is 19.0. The molecule has 0 bridgehead atoms. The Balaban J connectivity index is 0.00000208. The number of hydrogen-bond donors (Lipinski definition) is 1. The van der Waals surface area contributed by atoms with Crippen LogP contribution in [0, 0.1) is 13.8 Å². The topological polar surface area (TPSA) is 67.2 Å². The predicted octanol–water partition coefficient (Wildman–Crippen LogP) is 1.79. The molecule has 1 aromatic heterocycles. The summed E-state index contributed by atoms with van der Waals surface area (Å²) in [6.07, 6.45) is 3.54. The number of aryl methyl sites for hydroxylation is 3. The lowest BCUT2D eigenvalue weighted by Gasteiger charge is -2.34. The lowest BCUT2D eigenvalue weighted by atomic mass is 10.1. The molecule has 0 radical (unpaired) electrons. The summed E-state index contributed by atoms with van der Waals surface area (Å²) in [6, 6.07) is 5.01. The molecule has 0 spiro atoms. The predicted molar refractivity (Wildman–Crippen MR) is 95.9 cm³/mol. The van der Waals surface area contributed by atoms with Crippen molar-refractivity contribution >= 4 is 22.4 Å². The van der Waals surface area contributed by atoms with Gasteiger partial charge in [-0.05, 0) is 37.1 Å². The molecule has 1 saturated heterocycles. The van der Waals surface area contributed by atoms with Crippen molar-refractivity contribution in [2.75, 3.05) is 19.6 Å². The van der Waals surface area contributed by atoms with E-state index in [1.807, 2.05) is 37.7 Å². The highest BCUT2D eigenvalue weighted by Gasteiger charge is 2.36. The molecule has 132 valence electrons. The Hall–Kier alpha value is -1.41. The maximum atomic E-state index is 13.1. The summed E-state index contributed by atoms with van der Waals surface area (Å²) in [4.78, 5) is 4.69. The number of piperazine rings is 1. The maximum absolute atomic E-state index is 13.1. The highest BCUT2D eigenvalue weighted by Crippen LogP contribution is 2.28. The summed E-state index contributed by atoms with van der Waals surface area (Å²) in [7, 11) is -1.67. The molecule has 0 amide bonds. The van der Waals surface area contributed by atoms with Crippen molar-refractivity contribution in [1.29, 1.82) is 0 Å². The zero-order valence-electron chi connectivity index (χ0n) is 14.1. The number of hydrogen-bond acceptors (Lipinski definition) is 4. The fourth-order valence-corrected chi connectivity index (χ4v) is 4.57. The summed E-state index contributed by atoms with van der Waals surface area (Å²) >= 11 is 0. The Labute approximate surface area is 149 Å². The number of benzene rings is 1. The SMILES string of the molecule is Cc1ccc(S(=O)(=O)N2CCNCC2c2nccn2C)cc1C.Cl. The number of sulfonamides is 1. The van der Waals surface area contributed by atoms with E-state index in [0.29, 0.717) is 24.5 Å². The lowest BCUT2D eigenvalue weighted by Crippen LogP contribution is -2.49. The molecule has 1 aromatic carbocycles. The first kappa shape index (κ1) is 18.9. The van der Waals surface area contributed by atoms with Gasteiger partial charge in [0, 0.05) is 39.1 Å². The van der Waals surface area contributed by atoms with Crippen LogP contribution in [0.4, 0.5) is 0 Å². The summed E-state index contributed by atoms with van der Waals surface area (Å²) in [5.41, 5.74) is 2.07. The van der Waals surface area contributed by atoms with Crippen LogP contribution in [0.3, 0.4) is 0 Å². The second-order valence-electron chi connectivity index (χ2n) is 5.98. The summed E-state index contributed by atoms with van der Waals surface area (Å²) < 4.78 is 29.7. The molecular weight excluding hydrogens is 348 g/mol. The van der Waals surface area contributed by atoms with Gasteiger partial charge in [-0.25, -0.2) is 13.4 Å². The third-order valence-corrected chi connectivity index (χ3v) is 6.34. The molecule has 8 heteroatoms. The third kappa shape index (κ3) is 3.35. The molecule has 2 heterocycles. The van der Waals surface area contributed by atoms with Crippen LogP contribution < -0.4 is 5.32 Å². The van der Waals surface area contributed by atoms with Crippen molar-refractivity contribution in [1.82, 2.24) is 19.2 Å². The van der Waals surface area contributed by atoms with E-state index in [9.17, 15) is 8.42 Å². The minimum Gasteiger partial charge on any atom is -0.337 e. The van der Waals surface area contributed by atoms with E-state index < -0.39 is 10.0 Å². The molecule has 1 fully saturated rings. The summed E-state index contributed by atoms with van der Waals surface area (Å²) in [5.74, 6) is 0.754. The van der Waals surface area contributed by atoms with Crippen molar-refractivity contribution in [3.05, 3.63) is 47.5 Å². The highest BCUT2D eigenvalue weighted by molar-refractivity contribution is 7.89. The van der Waals surface area contributed by atoms with Crippen LogP contribution in [0.1, 0.15) is 23.0 Å². The van der Waals surface area contributed by atoms with Gasteiger partial charge in [0.15, 0.2) is 0 Å². The molecule has 2 aromatic rings. The lowest BCUT2D eigenvalue weighted by molar-refractivity contribution is 0.258. The van der Waals surface area contributed by atoms with Crippen LogP contribution in [0.25, 0.3) is 0 Å². The smallest absolute Gasteiger partial charge is 0.243 e. The molecule has 1 aliphatic rings. The van der Waals surface area contributed by atoms with Gasteiger partial charge in [0.05, 0.1) is 10.9 Å². The van der Waals surface area contributed by atoms with Crippen LogP contribution >= 0.6 is 12.4 Å². The maximum Gasteiger partial charge on any atom is 0.243 e. The Morgan fingerprint density at radius 1 is 1.25 bits per heavy atom. The zero-order valence-corrected chi connectivity index (χ0v) is 15.7. The quantitative estimate of drug-likeness (QED) is 0.894. The van der Waals surface area contributed by atoms with E-state index in [4.69, 9.17) is 0 Å². The fourth-order valence-electron chi connectivity index (χ4n) is 2.90. The number of nitrogens with zero attached hydrogens (tertiary/aromatic N) is 3. The third-order valence-electron chi connectivity index (χ3n) is 4.44. The zero-order chi connectivity index (χ0) is 16.6. The Morgan fingerprint density at radius 2 is 2.00 bits per heavy atom. The van der Waals surface area contributed by atoms with Crippen LogP contribution in [0.2, 0.25) is 0 Å². The van der Waals surface area contributed by atoms with Gasteiger partial charge >= 0.3 is 0 Å². The van der Waals surface area contributed by atoms with Crippen molar-refractivity contribution < 1.29 is 8.42 Å². The molecule has 1 unspecified atom stereocenters. The number of aromatic nitrogens is 2. The van der Waals surface area contributed by atoms with Crippen LogP contribution in [-0.2, 0) is 17.1 Å². The Kier molecular flexibility index (Phi) is 5.70. The number of nitrogens with one attached hydrogen (secondary N) is 1. The molecule has 24 heavy (non-hydrogen) atoms. The molecule has 0 aliphatic carbocycles. The van der Waals surface area contributed by atoms with Gasteiger partial charge in [-0.2, -0.15) is 4.31 Å². The fraction of sp³-hybridized carbons (Fsp3) is 0.438. The number of rotatable bonds is 3. The number of imidazole rings is 1. The van der Waals surface area contributed by atoms with E-state index >= 15 is 0 Å². The molecule has 0 saturated carbocycles. The first-order chi connectivity index (χ1) is 10.9. The monoisotopic (exact) mass is 370 g/mol. The second-order valence-corrected chi connectivity index (χ2v) is 7.87. The van der Waals surface area contributed by atoms with Crippen molar-refractivity contribution in [2.24, 2.45) is 7.05 Å². The largest absolute Gasteiger partial charge is 0.337 e. The van der Waals surface area contributed by atoms with E-state index in [-0.39, 0.29) is 18.4 Å². The van der Waals surface area contributed by atoms with Gasteiger partial charge in [-0.1, -0.05) is 6.07 Å². The first-order valence-corrected chi connectivity index (χ1v) is 9.12. The minimum atomic E-state index is -3.55. The minimum absolute atomic E-state index is 0. The second kappa shape index (κ2) is 7.23. The average Bonchev–Trinajstić information content (AvgIpc) is 2.96. The van der Waals surface area contributed by atoms with E-state index in [0.717, 1.165) is 17.0 Å². The van der Waals surface area contributed by atoms with Gasteiger partial charge in [0.25, 0.3) is 0 Å². The van der Waals surface area contributed by atoms with Gasteiger partial charge in [-0.3, -0.25) is 0 Å². The summed E-state index contributed by atoms with van der Waals surface area (Å²) in [5, 5.41) is 3.26. The van der Waals surface area contributed by atoms with E-state index in [2.05, 4.69) is 10.3 Å². The highest BCUT2D eigenvalue weighted by atomic mass is 35.5. The van der Waals surface area contributed by atoms with E-state index in [1.165, 1.54) is 0 Å². The van der Waals surface area contributed by atoms with Crippen LogP contribution in [0.5, 0.6) is 0 Å². The van der Waals surface area contributed by atoms with Crippen molar-refractivity contribution in [3.8, 4) is 0 Å². The van der Waals surface area contributed by atoms with Gasteiger partial charge in [0.2, 0.25) is 10.0 Å². The Morgan fingerprint density at radius 3 is 2.62 bits per heavy atom. The molecule has 1 aliphatic heterocycles. The average molecular weight is 371 g/mol. The molecule has 1 N–H and O–H groups in total.